The molecule has 56 valence electrons. The molecule has 0 aromatic carbocycles. The summed E-state index contributed by atoms with van der Waals surface area (Å²) in [7, 11) is 0. The van der Waals surface area contributed by atoms with Crippen molar-refractivity contribution in [2.45, 2.75) is 19.4 Å². The first-order valence-electron chi connectivity index (χ1n) is 3.28. The van der Waals surface area contributed by atoms with Crippen LogP contribution >= 0.6 is 0 Å². The molecule has 0 saturated heterocycles. The molecule has 1 aliphatic rings. The summed E-state index contributed by atoms with van der Waals surface area (Å²) in [6.07, 6.45) is 2.29. The van der Waals surface area contributed by atoms with Crippen LogP contribution in [-0.4, -0.2) is 17.1 Å². The standard InChI is InChI=1S/C7H11NO2/c1-4-2-5(7(9)10)3-6(4)8/h2,5-6H,3,8H2,1H3,(H,9,10)/t5-,6-/m0/s1. The predicted octanol–water partition coefficient (Wildman–Crippen LogP) is 0.365. The van der Waals surface area contributed by atoms with Gasteiger partial charge in [0.15, 0.2) is 0 Å². The average molecular weight is 141 g/mol. The lowest BCUT2D eigenvalue weighted by atomic mass is 10.1. The van der Waals surface area contributed by atoms with Crippen LogP contribution < -0.4 is 5.73 Å². The van der Waals surface area contributed by atoms with E-state index in [-0.39, 0.29) is 12.0 Å². The van der Waals surface area contributed by atoms with Gasteiger partial charge in [-0.05, 0) is 13.3 Å². The van der Waals surface area contributed by atoms with Gasteiger partial charge in [0.1, 0.15) is 0 Å². The monoisotopic (exact) mass is 141 g/mol. The van der Waals surface area contributed by atoms with Gasteiger partial charge in [-0.1, -0.05) is 11.6 Å². The van der Waals surface area contributed by atoms with E-state index in [0.29, 0.717) is 6.42 Å². The number of carboxylic acids is 1. The number of nitrogens with two attached hydrogens (primary N) is 1. The predicted molar refractivity (Wildman–Crippen MR) is 37.5 cm³/mol. The van der Waals surface area contributed by atoms with Gasteiger partial charge in [-0.3, -0.25) is 4.79 Å². The molecule has 0 aromatic rings. The summed E-state index contributed by atoms with van der Waals surface area (Å²) >= 11 is 0. The van der Waals surface area contributed by atoms with Crippen LogP contribution in [0.25, 0.3) is 0 Å². The maximum Gasteiger partial charge on any atom is 0.310 e. The Hall–Kier alpha value is -0.830. The Kier molecular flexibility index (Phi) is 1.76. The average Bonchev–Trinajstić information content (AvgIpc) is 2.13. The quantitative estimate of drug-likeness (QED) is 0.518. The molecule has 2 atom stereocenters. The van der Waals surface area contributed by atoms with Crippen molar-refractivity contribution in [2.24, 2.45) is 11.7 Å². The number of carboxylic acid groups (broad SMARTS) is 1. The summed E-state index contributed by atoms with van der Waals surface area (Å²) in [6.45, 7) is 1.87. The summed E-state index contributed by atoms with van der Waals surface area (Å²) < 4.78 is 0. The molecule has 0 unspecified atom stereocenters. The van der Waals surface area contributed by atoms with Crippen molar-refractivity contribution in [3.63, 3.8) is 0 Å². The van der Waals surface area contributed by atoms with Crippen LogP contribution in [0.3, 0.4) is 0 Å². The third kappa shape index (κ3) is 1.19. The van der Waals surface area contributed by atoms with Gasteiger partial charge in [0.2, 0.25) is 0 Å². The fraction of sp³-hybridized carbons (Fsp3) is 0.571. The molecule has 3 N–H and O–H groups in total. The van der Waals surface area contributed by atoms with E-state index in [1.807, 2.05) is 6.92 Å². The second-order valence-corrected chi connectivity index (χ2v) is 2.70. The van der Waals surface area contributed by atoms with Crippen LogP contribution in [0.4, 0.5) is 0 Å². The summed E-state index contributed by atoms with van der Waals surface area (Å²) in [4.78, 5) is 10.4. The summed E-state index contributed by atoms with van der Waals surface area (Å²) in [5.74, 6) is -1.12. The number of hydrogen-bond acceptors (Lipinski definition) is 2. The highest BCUT2D eigenvalue weighted by Crippen LogP contribution is 2.22. The SMILES string of the molecule is CC1=C[C@H](C(=O)O)C[C@@H]1N. The van der Waals surface area contributed by atoms with E-state index in [9.17, 15) is 4.79 Å². The molecular formula is C7H11NO2. The van der Waals surface area contributed by atoms with Crippen molar-refractivity contribution in [3.05, 3.63) is 11.6 Å². The van der Waals surface area contributed by atoms with Crippen LogP contribution in [0, 0.1) is 5.92 Å². The molecule has 0 spiro atoms. The highest BCUT2D eigenvalue weighted by Gasteiger charge is 2.25. The summed E-state index contributed by atoms with van der Waals surface area (Å²) in [5, 5.41) is 8.55. The molecule has 0 fully saturated rings. The molecule has 10 heavy (non-hydrogen) atoms. The van der Waals surface area contributed by atoms with Crippen LogP contribution in [0.1, 0.15) is 13.3 Å². The van der Waals surface area contributed by atoms with E-state index in [4.69, 9.17) is 10.8 Å². The fourth-order valence-corrected chi connectivity index (χ4v) is 1.14. The highest BCUT2D eigenvalue weighted by atomic mass is 16.4. The van der Waals surface area contributed by atoms with Crippen molar-refractivity contribution >= 4 is 5.97 Å². The normalized spacial score (nSPS) is 32.0. The van der Waals surface area contributed by atoms with Gasteiger partial charge in [0, 0.05) is 6.04 Å². The fourth-order valence-electron chi connectivity index (χ4n) is 1.14. The van der Waals surface area contributed by atoms with Gasteiger partial charge in [-0.15, -0.1) is 0 Å². The topological polar surface area (TPSA) is 63.3 Å². The van der Waals surface area contributed by atoms with Crippen LogP contribution in [0.2, 0.25) is 0 Å². The minimum absolute atomic E-state index is 0.0406. The van der Waals surface area contributed by atoms with Crippen molar-refractivity contribution in [1.82, 2.24) is 0 Å². The molecule has 1 rings (SSSR count). The first-order chi connectivity index (χ1) is 4.61. The number of aliphatic carboxylic acids is 1. The van der Waals surface area contributed by atoms with Gasteiger partial charge >= 0.3 is 5.97 Å². The van der Waals surface area contributed by atoms with Gasteiger partial charge < -0.3 is 10.8 Å². The molecule has 0 heterocycles. The van der Waals surface area contributed by atoms with Crippen LogP contribution in [0.15, 0.2) is 11.6 Å². The maximum atomic E-state index is 10.4. The maximum absolute atomic E-state index is 10.4. The van der Waals surface area contributed by atoms with E-state index in [0.717, 1.165) is 5.57 Å². The van der Waals surface area contributed by atoms with Crippen LogP contribution in [0.5, 0.6) is 0 Å². The molecule has 0 aliphatic heterocycles. The van der Waals surface area contributed by atoms with Gasteiger partial charge in [-0.2, -0.15) is 0 Å². The molecule has 0 aromatic heterocycles. The van der Waals surface area contributed by atoms with E-state index >= 15 is 0 Å². The van der Waals surface area contributed by atoms with E-state index in [1.165, 1.54) is 0 Å². The second-order valence-electron chi connectivity index (χ2n) is 2.70. The molecule has 0 amide bonds. The lowest BCUT2D eigenvalue weighted by Crippen LogP contribution is -2.20. The van der Waals surface area contributed by atoms with Gasteiger partial charge in [-0.25, -0.2) is 0 Å². The van der Waals surface area contributed by atoms with Crippen molar-refractivity contribution in [1.29, 1.82) is 0 Å². The lowest BCUT2D eigenvalue weighted by Gasteiger charge is -2.03. The van der Waals surface area contributed by atoms with E-state index in [1.54, 1.807) is 6.08 Å². The van der Waals surface area contributed by atoms with E-state index in [2.05, 4.69) is 0 Å². The Balaban J connectivity index is 2.65. The molecular weight excluding hydrogens is 130 g/mol. The lowest BCUT2D eigenvalue weighted by molar-refractivity contribution is -0.140. The zero-order chi connectivity index (χ0) is 7.72. The number of carbonyl (C=O) groups is 1. The summed E-state index contributed by atoms with van der Waals surface area (Å²) in [5.41, 5.74) is 6.57. The first kappa shape index (κ1) is 7.28. The van der Waals surface area contributed by atoms with Gasteiger partial charge in [0.25, 0.3) is 0 Å². The molecule has 0 bridgehead atoms. The van der Waals surface area contributed by atoms with Crippen molar-refractivity contribution < 1.29 is 9.90 Å². The Morgan fingerprint density at radius 2 is 2.50 bits per heavy atom. The Bertz CT molecular complexity index is 186. The Labute approximate surface area is 59.5 Å². The molecule has 3 heteroatoms. The molecule has 0 saturated carbocycles. The third-order valence-corrected chi connectivity index (χ3v) is 1.87. The van der Waals surface area contributed by atoms with Crippen molar-refractivity contribution in [3.8, 4) is 0 Å². The van der Waals surface area contributed by atoms with Crippen LogP contribution in [-0.2, 0) is 4.79 Å². The first-order valence-corrected chi connectivity index (χ1v) is 3.28. The largest absolute Gasteiger partial charge is 0.481 e. The Morgan fingerprint density at radius 3 is 2.70 bits per heavy atom. The highest BCUT2D eigenvalue weighted by molar-refractivity contribution is 5.73. The van der Waals surface area contributed by atoms with E-state index < -0.39 is 5.97 Å². The summed E-state index contributed by atoms with van der Waals surface area (Å²) in [6, 6.07) is -0.0406. The minimum Gasteiger partial charge on any atom is -0.481 e. The number of rotatable bonds is 1. The zero-order valence-corrected chi connectivity index (χ0v) is 5.87. The minimum atomic E-state index is -0.771. The zero-order valence-electron chi connectivity index (χ0n) is 5.87. The number of hydrogen-bond donors (Lipinski definition) is 2. The smallest absolute Gasteiger partial charge is 0.310 e. The van der Waals surface area contributed by atoms with Crippen molar-refractivity contribution in [2.75, 3.05) is 0 Å². The van der Waals surface area contributed by atoms with Gasteiger partial charge in [0.05, 0.1) is 5.92 Å². The molecule has 1 aliphatic carbocycles. The second kappa shape index (κ2) is 2.42. The molecule has 3 nitrogen and oxygen atoms in total. The molecule has 0 radical (unpaired) electrons. The third-order valence-electron chi connectivity index (χ3n) is 1.87. The Morgan fingerprint density at radius 1 is 1.90 bits per heavy atom.